The predicted octanol–water partition coefficient (Wildman–Crippen LogP) is 6.03. The zero-order chi connectivity index (χ0) is 31.4. The highest BCUT2D eigenvalue weighted by Crippen LogP contribution is 2.33. The van der Waals surface area contributed by atoms with E-state index in [-0.39, 0.29) is 39.4 Å². The highest BCUT2D eigenvalue weighted by Gasteiger charge is 2.22. The molecule has 0 unspecified atom stereocenters. The number of benzene rings is 2. The first kappa shape index (κ1) is 30.8. The van der Waals surface area contributed by atoms with Gasteiger partial charge in [-0.2, -0.15) is 4.98 Å². The number of amides is 1. The van der Waals surface area contributed by atoms with Crippen LogP contribution in [0.5, 0.6) is 0 Å². The summed E-state index contributed by atoms with van der Waals surface area (Å²) < 4.78 is 46.2. The first-order chi connectivity index (χ1) is 21.2. The van der Waals surface area contributed by atoms with Gasteiger partial charge in [0.15, 0.2) is 10.8 Å². The quantitative estimate of drug-likeness (QED) is 0.174. The van der Waals surface area contributed by atoms with Gasteiger partial charge in [-0.05, 0) is 68.9 Å². The van der Waals surface area contributed by atoms with Crippen LogP contribution in [-0.2, 0) is 0 Å². The lowest BCUT2D eigenvalue weighted by atomic mass is 9.99. The molecule has 228 valence electrons. The number of fused-ring (bicyclic) bond motifs is 1. The van der Waals surface area contributed by atoms with E-state index in [1.807, 2.05) is 0 Å². The van der Waals surface area contributed by atoms with Gasteiger partial charge in [-0.1, -0.05) is 19.9 Å². The second-order valence-corrected chi connectivity index (χ2v) is 10.8. The zero-order valence-electron chi connectivity index (χ0n) is 24.3. The zero-order valence-corrected chi connectivity index (χ0v) is 25.1. The van der Waals surface area contributed by atoms with Gasteiger partial charge in [0.25, 0.3) is 11.5 Å². The minimum absolute atomic E-state index is 0.00673. The second kappa shape index (κ2) is 13.3. The van der Waals surface area contributed by atoms with Crippen molar-refractivity contribution in [1.29, 1.82) is 0 Å². The van der Waals surface area contributed by atoms with Crippen molar-refractivity contribution in [3.05, 3.63) is 93.0 Å². The molecular formula is C31H30F3N7O2S. The van der Waals surface area contributed by atoms with Crippen LogP contribution in [0.4, 0.5) is 24.3 Å². The van der Waals surface area contributed by atoms with E-state index < -0.39 is 34.6 Å². The maximum atomic E-state index is 15.4. The van der Waals surface area contributed by atoms with E-state index in [9.17, 15) is 9.59 Å². The topological polar surface area (TPSA) is 105 Å². The standard InChI is InChI=1S/C31H30F3N7O2S/c1-4-40(5-2)14-7-12-35-30-37-26(21-16-19(17-24(34)18(21)3)29(43)39-31-36-13-15-44-31)20-10-11-25(42)41(28(20)38-30)27-22(32)8-6-9-23(27)33/h6,8-11,13,15-17H,4-5,7,12,14H2,1-3H3,(H,35,37,38)(H,36,39,43). The molecule has 0 aliphatic rings. The maximum absolute atomic E-state index is 15.4. The van der Waals surface area contributed by atoms with Crippen molar-refractivity contribution in [3.63, 3.8) is 0 Å². The molecule has 9 nitrogen and oxygen atoms in total. The molecule has 0 radical (unpaired) electrons. The van der Waals surface area contributed by atoms with Gasteiger partial charge in [-0.15, -0.1) is 11.3 Å². The summed E-state index contributed by atoms with van der Waals surface area (Å²) in [4.78, 5) is 41.6. The van der Waals surface area contributed by atoms with Crippen molar-refractivity contribution in [1.82, 2.24) is 24.4 Å². The number of rotatable bonds is 11. The van der Waals surface area contributed by atoms with Gasteiger partial charge in [0.1, 0.15) is 23.1 Å². The Hall–Kier alpha value is -4.62. The van der Waals surface area contributed by atoms with Crippen LogP contribution < -0.4 is 16.2 Å². The largest absolute Gasteiger partial charge is 0.354 e. The van der Waals surface area contributed by atoms with Crippen LogP contribution in [0.15, 0.2) is 58.8 Å². The van der Waals surface area contributed by atoms with Crippen LogP contribution in [0.1, 0.15) is 36.2 Å². The average Bonchev–Trinajstić information content (AvgIpc) is 3.52. The number of carbonyl (C=O) groups is 1. The van der Waals surface area contributed by atoms with Crippen LogP contribution in [0.2, 0.25) is 0 Å². The molecule has 1 amide bonds. The number of hydrogen-bond acceptors (Lipinski definition) is 8. The molecule has 0 saturated carbocycles. The van der Waals surface area contributed by atoms with Gasteiger partial charge >= 0.3 is 0 Å². The van der Waals surface area contributed by atoms with Crippen LogP contribution in [-0.4, -0.2) is 56.5 Å². The Labute approximate surface area is 255 Å². The summed E-state index contributed by atoms with van der Waals surface area (Å²) in [5.74, 6) is -3.10. The summed E-state index contributed by atoms with van der Waals surface area (Å²) in [5.41, 5.74) is -0.808. The van der Waals surface area contributed by atoms with Gasteiger partial charge < -0.3 is 10.2 Å². The van der Waals surface area contributed by atoms with Gasteiger partial charge in [0.2, 0.25) is 5.95 Å². The monoisotopic (exact) mass is 621 g/mol. The minimum atomic E-state index is -0.962. The lowest BCUT2D eigenvalue weighted by molar-refractivity contribution is 0.102. The smallest absolute Gasteiger partial charge is 0.257 e. The number of nitrogens with one attached hydrogen (secondary N) is 2. The molecule has 0 aliphatic heterocycles. The number of para-hydroxylation sites is 1. The third-order valence-electron chi connectivity index (χ3n) is 7.25. The van der Waals surface area contributed by atoms with Crippen molar-refractivity contribution in [2.45, 2.75) is 27.2 Å². The summed E-state index contributed by atoms with van der Waals surface area (Å²) in [6.07, 6.45) is 2.27. The van der Waals surface area contributed by atoms with Gasteiger partial charge in [-0.25, -0.2) is 23.1 Å². The first-order valence-electron chi connectivity index (χ1n) is 14.1. The number of anilines is 2. The third-order valence-corrected chi connectivity index (χ3v) is 7.94. The Balaban J connectivity index is 1.69. The highest BCUT2D eigenvalue weighted by molar-refractivity contribution is 7.13. The van der Waals surface area contributed by atoms with Crippen LogP contribution in [0, 0.1) is 24.4 Å². The molecule has 44 heavy (non-hydrogen) atoms. The Morgan fingerprint density at radius 1 is 1.02 bits per heavy atom. The van der Waals surface area contributed by atoms with E-state index in [2.05, 4.69) is 44.3 Å². The molecule has 3 heterocycles. The van der Waals surface area contributed by atoms with E-state index >= 15 is 13.2 Å². The number of thiazole rings is 1. The number of hydrogen-bond donors (Lipinski definition) is 2. The lowest BCUT2D eigenvalue weighted by Gasteiger charge is -2.18. The number of pyridine rings is 1. The van der Waals surface area contributed by atoms with Gasteiger partial charge in [0.05, 0.1) is 5.69 Å². The maximum Gasteiger partial charge on any atom is 0.257 e. The van der Waals surface area contributed by atoms with E-state index in [1.165, 1.54) is 42.7 Å². The number of nitrogens with zero attached hydrogens (tertiary/aromatic N) is 5. The van der Waals surface area contributed by atoms with E-state index in [4.69, 9.17) is 0 Å². The molecule has 5 aromatic rings. The number of carbonyl (C=O) groups excluding carboxylic acids is 1. The number of aromatic nitrogens is 4. The summed E-state index contributed by atoms with van der Waals surface area (Å²) >= 11 is 1.21. The Morgan fingerprint density at radius 3 is 2.45 bits per heavy atom. The molecule has 2 aromatic carbocycles. The molecule has 0 atom stereocenters. The fourth-order valence-electron chi connectivity index (χ4n) is 4.87. The third kappa shape index (κ3) is 6.33. The van der Waals surface area contributed by atoms with Crippen molar-refractivity contribution in [2.75, 3.05) is 36.8 Å². The van der Waals surface area contributed by atoms with Gasteiger partial charge in [-0.3, -0.25) is 19.5 Å². The number of halogens is 3. The predicted molar refractivity (Wildman–Crippen MR) is 166 cm³/mol. The lowest BCUT2D eigenvalue weighted by Crippen LogP contribution is -2.25. The summed E-state index contributed by atoms with van der Waals surface area (Å²) in [5, 5.41) is 8.05. The van der Waals surface area contributed by atoms with E-state index in [0.29, 0.717) is 11.7 Å². The molecule has 13 heteroatoms. The molecule has 5 rings (SSSR count). The molecule has 2 N–H and O–H groups in total. The van der Waals surface area contributed by atoms with Crippen molar-refractivity contribution in [2.24, 2.45) is 0 Å². The molecular weight excluding hydrogens is 591 g/mol. The SMILES string of the molecule is CCN(CC)CCCNc1nc(-c2cc(C(=O)Nc3nccs3)cc(F)c2C)c2ccc(=O)n(-c3c(F)cccc3F)c2n1. The Kier molecular flexibility index (Phi) is 9.35. The van der Waals surface area contributed by atoms with Crippen molar-refractivity contribution >= 4 is 39.4 Å². The van der Waals surface area contributed by atoms with E-state index in [1.54, 1.807) is 5.38 Å². The molecule has 0 bridgehead atoms. The second-order valence-electron chi connectivity index (χ2n) is 9.94. The van der Waals surface area contributed by atoms with Crippen LogP contribution >= 0.6 is 11.3 Å². The summed E-state index contributed by atoms with van der Waals surface area (Å²) in [6.45, 7) is 8.73. The van der Waals surface area contributed by atoms with Crippen molar-refractivity contribution < 1.29 is 18.0 Å². The summed E-state index contributed by atoms with van der Waals surface area (Å²) in [6, 6.07) is 8.44. The Bertz CT molecular complexity index is 1850. The highest BCUT2D eigenvalue weighted by atomic mass is 32.1. The molecule has 3 aromatic heterocycles. The van der Waals surface area contributed by atoms with Gasteiger partial charge in [0, 0.05) is 40.7 Å². The summed E-state index contributed by atoms with van der Waals surface area (Å²) in [7, 11) is 0. The average molecular weight is 622 g/mol. The fourth-order valence-corrected chi connectivity index (χ4v) is 5.40. The van der Waals surface area contributed by atoms with E-state index in [0.717, 1.165) is 54.9 Å². The molecule has 0 saturated heterocycles. The van der Waals surface area contributed by atoms with Crippen LogP contribution in [0.3, 0.4) is 0 Å². The normalized spacial score (nSPS) is 11.3. The molecule has 0 spiro atoms. The van der Waals surface area contributed by atoms with Crippen molar-refractivity contribution in [3.8, 4) is 16.9 Å². The Morgan fingerprint density at radius 2 is 1.77 bits per heavy atom. The minimum Gasteiger partial charge on any atom is -0.354 e. The first-order valence-corrected chi connectivity index (χ1v) is 15.0. The molecule has 0 aliphatic carbocycles. The fraction of sp³-hybridized carbons (Fsp3) is 0.258. The molecule has 0 fully saturated rings. The van der Waals surface area contributed by atoms with Crippen LogP contribution in [0.25, 0.3) is 28.0 Å².